The molecule has 5 rings (SSSR count). The third-order valence-corrected chi connectivity index (χ3v) is 7.76. The van der Waals surface area contributed by atoms with Crippen molar-refractivity contribution < 1.29 is 23.9 Å². The number of ether oxygens (including phenoxy) is 2. The van der Waals surface area contributed by atoms with Crippen LogP contribution in [0.1, 0.15) is 45.5 Å². The molecule has 0 saturated heterocycles. The number of amides is 3. The van der Waals surface area contributed by atoms with Crippen LogP contribution < -0.4 is 25.0 Å². The summed E-state index contributed by atoms with van der Waals surface area (Å²) in [6.45, 7) is 3.00. The highest BCUT2D eigenvalue weighted by Crippen LogP contribution is 2.29. The van der Waals surface area contributed by atoms with E-state index in [0.29, 0.717) is 47.2 Å². The van der Waals surface area contributed by atoms with Crippen LogP contribution in [0.2, 0.25) is 0 Å². The monoisotopic (exact) mass is 641 g/mol. The zero-order chi connectivity index (χ0) is 33.7. The number of nitrogens with zero attached hydrogens (tertiary/aromatic N) is 1. The minimum Gasteiger partial charge on any atom is -0.491 e. The van der Waals surface area contributed by atoms with Gasteiger partial charge in [-0.1, -0.05) is 78.4 Å². The molecule has 0 unspecified atom stereocenters. The SMILES string of the molecule is Cc1ccc(-c2ccccc2C(=O)Nc2ccc(C(=O)N(C)c3ccccc3OCCCCCNC(=O)Oc3ccccc3)cc2)cc1. The van der Waals surface area contributed by atoms with Crippen molar-refractivity contribution in [1.29, 1.82) is 0 Å². The first kappa shape index (κ1) is 33.5. The van der Waals surface area contributed by atoms with E-state index in [1.165, 1.54) is 0 Å². The summed E-state index contributed by atoms with van der Waals surface area (Å²) in [7, 11) is 1.71. The Balaban J connectivity index is 1.10. The van der Waals surface area contributed by atoms with Gasteiger partial charge in [0.1, 0.15) is 11.5 Å². The summed E-state index contributed by atoms with van der Waals surface area (Å²) in [5.41, 5.74) is 5.25. The zero-order valence-electron chi connectivity index (χ0n) is 27.1. The molecule has 0 radical (unpaired) electrons. The molecule has 0 bridgehead atoms. The summed E-state index contributed by atoms with van der Waals surface area (Å²) in [5, 5.41) is 5.72. The van der Waals surface area contributed by atoms with Gasteiger partial charge in [0, 0.05) is 30.4 Å². The standard InChI is InChI=1S/C40H39N3O5/c1-29-19-21-30(22-20-29)34-15-7-8-16-35(34)38(44)42-32-25-23-31(24-26-32)39(45)43(2)36-17-9-10-18-37(36)47-28-12-4-11-27-41-40(46)48-33-13-5-3-6-14-33/h3,5-10,13-26H,4,11-12,27-28H2,1-2H3,(H,41,46)(H,42,44). The molecular formula is C40H39N3O5. The largest absolute Gasteiger partial charge is 0.491 e. The molecule has 5 aromatic carbocycles. The quantitative estimate of drug-likeness (QED) is 0.126. The van der Waals surface area contributed by atoms with E-state index in [1.807, 2.05) is 91.9 Å². The maximum atomic E-state index is 13.4. The average Bonchev–Trinajstić information content (AvgIpc) is 3.12. The smallest absolute Gasteiger partial charge is 0.412 e. The normalized spacial score (nSPS) is 10.5. The Morgan fingerprint density at radius 2 is 1.40 bits per heavy atom. The van der Waals surface area contributed by atoms with Crippen LogP contribution in [0.4, 0.5) is 16.2 Å². The number of nitrogens with one attached hydrogen (secondary N) is 2. The number of carbonyl (C=O) groups is 3. The van der Waals surface area contributed by atoms with Gasteiger partial charge in [-0.3, -0.25) is 9.59 Å². The van der Waals surface area contributed by atoms with Crippen molar-refractivity contribution in [2.24, 2.45) is 0 Å². The highest BCUT2D eigenvalue weighted by atomic mass is 16.6. The molecule has 0 saturated carbocycles. The molecule has 3 amide bonds. The third-order valence-electron chi connectivity index (χ3n) is 7.76. The minimum atomic E-state index is -0.474. The topological polar surface area (TPSA) is 97.0 Å². The minimum absolute atomic E-state index is 0.206. The van der Waals surface area contributed by atoms with Gasteiger partial charge in [-0.25, -0.2) is 4.79 Å². The average molecular weight is 642 g/mol. The van der Waals surface area contributed by atoms with E-state index < -0.39 is 6.09 Å². The lowest BCUT2D eigenvalue weighted by atomic mass is 9.98. The lowest BCUT2D eigenvalue weighted by molar-refractivity contribution is 0.0990. The Morgan fingerprint density at radius 3 is 2.17 bits per heavy atom. The fourth-order valence-corrected chi connectivity index (χ4v) is 5.13. The fourth-order valence-electron chi connectivity index (χ4n) is 5.13. The van der Waals surface area contributed by atoms with Crippen LogP contribution >= 0.6 is 0 Å². The van der Waals surface area contributed by atoms with Crippen LogP contribution in [0.3, 0.4) is 0 Å². The van der Waals surface area contributed by atoms with Crippen molar-refractivity contribution in [2.75, 3.05) is 30.4 Å². The van der Waals surface area contributed by atoms with E-state index >= 15 is 0 Å². The number of benzene rings is 5. The van der Waals surface area contributed by atoms with Crippen molar-refractivity contribution >= 4 is 29.3 Å². The Morgan fingerprint density at radius 1 is 0.708 bits per heavy atom. The predicted molar refractivity (Wildman–Crippen MR) is 190 cm³/mol. The maximum absolute atomic E-state index is 13.4. The molecule has 8 heteroatoms. The third kappa shape index (κ3) is 9.10. The van der Waals surface area contributed by atoms with Gasteiger partial charge in [0.05, 0.1) is 12.3 Å². The number of aryl methyl sites for hydroxylation is 1. The van der Waals surface area contributed by atoms with Crippen molar-refractivity contribution in [2.45, 2.75) is 26.2 Å². The zero-order valence-corrected chi connectivity index (χ0v) is 27.1. The van der Waals surface area contributed by atoms with E-state index in [4.69, 9.17) is 9.47 Å². The molecule has 5 aromatic rings. The van der Waals surface area contributed by atoms with Crippen LogP contribution in [0, 0.1) is 6.92 Å². The van der Waals surface area contributed by atoms with Gasteiger partial charge in [-0.15, -0.1) is 0 Å². The molecule has 0 heterocycles. The van der Waals surface area contributed by atoms with Gasteiger partial charge >= 0.3 is 6.09 Å². The van der Waals surface area contributed by atoms with Crippen molar-refractivity contribution in [1.82, 2.24) is 5.32 Å². The van der Waals surface area contributed by atoms with E-state index in [-0.39, 0.29) is 11.8 Å². The van der Waals surface area contributed by atoms with Gasteiger partial charge in [0.25, 0.3) is 11.8 Å². The molecule has 0 aliphatic rings. The second-order valence-electron chi connectivity index (χ2n) is 11.3. The molecular weight excluding hydrogens is 602 g/mol. The molecule has 0 spiro atoms. The Labute approximate surface area is 281 Å². The summed E-state index contributed by atoms with van der Waals surface area (Å²) in [6, 6.07) is 38.8. The summed E-state index contributed by atoms with van der Waals surface area (Å²) in [5.74, 6) is 0.675. The highest BCUT2D eigenvalue weighted by molar-refractivity contribution is 6.09. The van der Waals surface area contributed by atoms with Crippen LogP contribution in [0.25, 0.3) is 11.1 Å². The Kier molecular flexibility index (Phi) is 11.6. The van der Waals surface area contributed by atoms with Gasteiger partial charge in [0.2, 0.25) is 0 Å². The number of rotatable bonds is 13. The summed E-state index contributed by atoms with van der Waals surface area (Å²) >= 11 is 0. The molecule has 0 aliphatic heterocycles. The molecule has 2 N–H and O–H groups in total. The van der Waals surface area contributed by atoms with Crippen LogP contribution in [0.15, 0.2) is 127 Å². The van der Waals surface area contributed by atoms with Gasteiger partial charge < -0.3 is 25.0 Å². The highest BCUT2D eigenvalue weighted by Gasteiger charge is 2.18. The van der Waals surface area contributed by atoms with E-state index in [0.717, 1.165) is 36.0 Å². The van der Waals surface area contributed by atoms with Crippen molar-refractivity contribution in [3.8, 4) is 22.6 Å². The summed E-state index contributed by atoms with van der Waals surface area (Å²) in [4.78, 5) is 40.2. The van der Waals surface area contributed by atoms with E-state index in [2.05, 4.69) is 10.6 Å². The maximum Gasteiger partial charge on any atom is 0.412 e. The first-order valence-electron chi connectivity index (χ1n) is 16.0. The summed E-state index contributed by atoms with van der Waals surface area (Å²) in [6.07, 6.45) is 1.94. The molecule has 48 heavy (non-hydrogen) atoms. The molecule has 0 aromatic heterocycles. The van der Waals surface area contributed by atoms with Crippen molar-refractivity contribution in [3.05, 3.63) is 144 Å². The number of anilines is 2. The Bertz CT molecular complexity index is 1820. The summed E-state index contributed by atoms with van der Waals surface area (Å²) < 4.78 is 11.3. The number of hydrogen-bond acceptors (Lipinski definition) is 5. The second-order valence-corrected chi connectivity index (χ2v) is 11.3. The lowest BCUT2D eigenvalue weighted by Gasteiger charge is -2.21. The molecule has 0 fully saturated rings. The predicted octanol–water partition coefficient (Wildman–Crippen LogP) is 8.53. The van der Waals surface area contributed by atoms with Crippen LogP contribution in [-0.2, 0) is 0 Å². The number of carbonyl (C=O) groups excluding carboxylic acids is 3. The van der Waals surface area contributed by atoms with E-state index in [1.54, 1.807) is 54.4 Å². The second kappa shape index (κ2) is 16.6. The van der Waals surface area contributed by atoms with Gasteiger partial charge in [-0.2, -0.15) is 0 Å². The lowest BCUT2D eigenvalue weighted by Crippen LogP contribution is -2.27. The van der Waals surface area contributed by atoms with Crippen LogP contribution in [0.5, 0.6) is 11.5 Å². The molecule has 244 valence electrons. The fraction of sp³-hybridized carbons (Fsp3) is 0.175. The van der Waals surface area contributed by atoms with Crippen molar-refractivity contribution in [3.63, 3.8) is 0 Å². The van der Waals surface area contributed by atoms with Crippen LogP contribution in [-0.4, -0.2) is 38.1 Å². The molecule has 0 atom stereocenters. The first-order valence-corrected chi connectivity index (χ1v) is 16.0. The number of hydrogen-bond donors (Lipinski definition) is 2. The van der Waals surface area contributed by atoms with E-state index in [9.17, 15) is 14.4 Å². The first-order chi connectivity index (χ1) is 23.4. The molecule has 0 aliphatic carbocycles. The molecule has 8 nitrogen and oxygen atoms in total. The number of para-hydroxylation sites is 3. The Hall–Kier alpha value is -5.89. The van der Waals surface area contributed by atoms with Gasteiger partial charge in [-0.05, 0) is 91.9 Å². The number of unbranched alkanes of at least 4 members (excludes halogenated alkanes) is 2. The van der Waals surface area contributed by atoms with Gasteiger partial charge in [0.15, 0.2) is 0 Å².